The molecule has 0 unspecified atom stereocenters. The van der Waals surface area contributed by atoms with Gasteiger partial charge in [-0.25, -0.2) is 0 Å². The van der Waals surface area contributed by atoms with Gasteiger partial charge in [-0.1, -0.05) is 29.8 Å². The number of benzene rings is 1. The Morgan fingerprint density at radius 1 is 0.857 bits per heavy atom. The Kier molecular flexibility index (Phi) is 4.13. The summed E-state index contributed by atoms with van der Waals surface area (Å²) in [5.41, 5.74) is 5.20. The van der Waals surface area contributed by atoms with E-state index in [1.807, 2.05) is 22.7 Å². The molecule has 3 heteroatoms. The van der Waals surface area contributed by atoms with E-state index in [-0.39, 0.29) is 6.04 Å². The van der Waals surface area contributed by atoms with Crippen molar-refractivity contribution < 1.29 is 0 Å². The molecule has 0 bridgehead atoms. The molecule has 1 N–H and O–H groups in total. The molecule has 0 amide bonds. The van der Waals surface area contributed by atoms with Crippen molar-refractivity contribution in [2.75, 3.05) is 5.32 Å². The van der Waals surface area contributed by atoms with Crippen LogP contribution in [0.15, 0.2) is 47.2 Å². The van der Waals surface area contributed by atoms with Gasteiger partial charge in [0, 0.05) is 15.4 Å². The van der Waals surface area contributed by atoms with Crippen LogP contribution in [0.1, 0.15) is 32.5 Å². The van der Waals surface area contributed by atoms with E-state index in [4.69, 9.17) is 0 Å². The zero-order valence-corrected chi connectivity index (χ0v) is 14.1. The molecule has 21 heavy (non-hydrogen) atoms. The summed E-state index contributed by atoms with van der Waals surface area (Å²) < 4.78 is 0. The third-order valence-corrected chi connectivity index (χ3v) is 5.50. The van der Waals surface area contributed by atoms with Crippen LogP contribution >= 0.6 is 22.7 Å². The Hall–Kier alpha value is -1.58. The molecule has 0 radical (unpaired) electrons. The van der Waals surface area contributed by atoms with Gasteiger partial charge in [0.1, 0.15) is 0 Å². The summed E-state index contributed by atoms with van der Waals surface area (Å²) >= 11 is 3.62. The maximum absolute atomic E-state index is 3.77. The quantitative estimate of drug-likeness (QED) is 0.629. The highest BCUT2D eigenvalue weighted by atomic mass is 32.1. The molecule has 108 valence electrons. The van der Waals surface area contributed by atoms with Crippen molar-refractivity contribution in [3.8, 4) is 0 Å². The Morgan fingerprint density at radius 3 is 1.81 bits per heavy atom. The monoisotopic (exact) mass is 313 g/mol. The normalized spacial score (nSPS) is 11.0. The van der Waals surface area contributed by atoms with Crippen LogP contribution in [-0.2, 0) is 0 Å². The minimum absolute atomic E-state index is 0.241. The lowest BCUT2D eigenvalue weighted by molar-refractivity contribution is 0.983. The van der Waals surface area contributed by atoms with Crippen molar-refractivity contribution in [3.63, 3.8) is 0 Å². The minimum Gasteiger partial charge on any atom is -0.372 e. The fourth-order valence-electron chi connectivity index (χ4n) is 2.75. The second-order valence-electron chi connectivity index (χ2n) is 5.38. The fraction of sp³-hybridized carbons (Fsp3) is 0.222. The zero-order chi connectivity index (χ0) is 14.8. The Balaban J connectivity index is 2.00. The van der Waals surface area contributed by atoms with Gasteiger partial charge in [0.2, 0.25) is 0 Å². The molecule has 1 aromatic carbocycles. The maximum atomic E-state index is 3.77. The largest absolute Gasteiger partial charge is 0.372 e. The molecule has 0 atom stereocenters. The third-order valence-electron chi connectivity index (χ3n) is 3.62. The first-order valence-corrected chi connectivity index (χ1v) is 8.82. The van der Waals surface area contributed by atoms with Crippen LogP contribution in [0.4, 0.5) is 5.69 Å². The topological polar surface area (TPSA) is 12.0 Å². The SMILES string of the molecule is Cc1cc(C)c(NC(c2cccs2)c2cccs2)c(C)c1. The summed E-state index contributed by atoms with van der Waals surface area (Å²) in [7, 11) is 0. The van der Waals surface area contributed by atoms with Crippen molar-refractivity contribution in [2.45, 2.75) is 26.8 Å². The third kappa shape index (κ3) is 3.04. The van der Waals surface area contributed by atoms with Crippen molar-refractivity contribution in [1.82, 2.24) is 0 Å². The van der Waals surface area contributed by atoms with E-state index in [9.17, 15) is 0 Å². The van der Waals surface area contributed by atoms with Gasteiger partial charge in [-0.15, -0.1) is 22.7 Å². The van der Waals surface area contributed by atoms with E-state index in [0.29, 0.717) is 0 Å². The van der Waals surface area contributed by atoms with E-state index in [0.717, 1.165) is 0 Å². The van der Waals surface area contributed by atoms with Crippen molar-refractivity contribution in [2.24, 2.45) is 0 Å². The second-order valence-corrected chi connectivity index (χ2v) is 7.34. The zero-order valence-electron chi connectivity index (χ0n) is 12.5. The Labute approximate surface area is 134 Å². The summed E-state index contributed by atoms with van der Waals surface area (Å²) in [4.78, 5) is 2.72. The molecule has 2 heterocycles. The molecule has 0 fully saturated rings. The summed E-state index contributed by atoms with van der Waals surface area (Å²) in [6, 6.07) is 13.4. The minimum atomic E-state index is 0.241. The van der Waals surface area contributed by atoms with Crippen LogP contribution in [0.25, 0.3) is 0 Å². The van der Waals surface area contributed by atoms with Crippen molar-refractivity contribution in [1.29, 1.82) is 0 Å². The van der Waals surface area contributed by atoms with Crippen LogP contribution in [0, 0.1) is 20.8 Å². The highest BCUT2D eigenvalue weighted by Gasteiger charge is 2.18. The fourth-order valence-corrected chi connectivity index (χ4v) is 4.41. The predicted octanol–water partition coefficient (Wildman–Crippen LogP) is 5.94. The number of hydrogen-bond acceptors (Lipinski definition) is 3. The smallest absolute Gasteiger partial charge is 0.0953 e. The van der Waals surface area contributed by atoms with E-state index in [1.165, 1.54) is 32.1 Å². The second kappa shape index (κ2) is 6.04. The van der Waals surface area contributed by atoms with Crippen LogP contribution in [0.3, 0.4) is 0 Å². The van der Waals surface area contributed by atoms with Gasteiger partial charge in [0.25, 0.3) is 0 Å². The standard InChI is InChI=1S/C18H19NS2/c1-12-10-13(2)17(14(3)11-12)19-18(15-6-4-8-20-15)16-7-5-9-21-16/h4-11,18-19H,1-3H3. The molecule has 0 aliphatic carbocycles. The molecule has 0 aliphatic rings. The number of thiophene rings is 2. The lowest BCUT2D eigenvalue weighted by atomic mass is 10.0. The summed E-state index contributed by atoms with van der Waals surface area (Å²) in [6.07, 6.45) is 0. The van der Waals surface area contributed by atoms with Gasteiger partial charge in [-0.3, -0.25) is 0 Å². The summed E-state index contributed by atoms with van der Waals surface area (Å²) in [5.74, 6) is 0. The van der Waals surface area contributed by atoms with Gasteiger partial charge in [-0.05, 0) is 54.8 Å². The van der Waals surface area contributed by atoms with E-state index in [2.05, 4.69) is 73.2 Å². The van der Waals surface area contributed by atoms with E-state index < -0.39 is 0 Å². The molecule has 0 spiro atoms. The molecule has 1 nitrogen and oxygen atoms in total. The number of nitrogens with one attached hydrogen (secondary N) is 1. The molecule has 3 aromatic rings. The van der Waals surface area contributed by atoms with Gasteiger partial charge >= 0.3 is 0 Å². The first kappa shape index (κ1) is 14.4. The first-order valence-electron chi connectivity index (χ1n) is 7.06. The average molecular weight is 313 g/mol. The van der Waals surface area contributed by atoms with Gasteiger partial charge in [0.05, 0.1) is 6.04 Å². The molecule has 0 saturated carbocycles. The predicted molar refractivity (Wildman–Crippen MR) is 94.8 cm³/mol. The number of aryl methyl sites for hydroxylation is 3. The van der Waals surface area contributed by atoms with Crippen molar-refractivity contribution in [3.05, 3.63) is 73.6 Å². The molecule has 0 aliphatic heterocycles. The summed E-state index contributed by atoms with van der Waals surface area (Å²) in [5, 5.41) is 8.06. The lowest BCUT2D eigenvalue weighted by Crippen LogP contribution is -2.11. The Bertz CT molecular complexity index is 655. The van der Waals surface area contributed by atoms with Gasteiger partial charge in [-0.2, -0.15) is 0 Å². The van der Waals surface area contributed by atoms with E-state index in [1.54, 1.807) is 0 Å². The van der Waals surface area contributed by atoms with Crippen LogP contribution < -0.4 is 5.32 Å². The molecular weight excluding hydrogens is 294 g/mol. The maximum Gasteiger partial charge on any atom is 0.0953 e. The molecule has 0 saturated heterocycles. The van der Waals surface area contributed by atoms with Crippen molar-refractivity contribution >= 4 is 28.4 Å². The molecule has 3 rings (SSSR count). The summed E-state index contributed by atoms with van der Waals surface area (Å²) in [6.45, 7) is 6.52. The van der Waals surface area contributed by atoms with Crippen LogP contribution in [0.5, 0.6) is 0 Å². The molecule has 2 aromatic heterocycles. The highest BCUT2D eigenvalue weighted by molar-refractivity contribution is 7.11. The van der Waals surface area contributed by atoms with Gasteiger partial charge in [0.15, 0.2) is 0 Å². The van der Waals surface area contributed by atoms with Crippen LogP contribution in [0.2, 0.25) is 0 Å². The lowest BCUT2D eigenvalue weighted by Gasteiger charge is -2.21. The average Bonchev–Trinajstić information content (AvgIpc) is 3.11. The number of anilines is 1. The van der Waals surface area contributed by atoms with Gasteiger partial charge < -0.3 is 5.32 Å². The Morgan fingerprint density at radius 2 is 1.38 bits per heavy atom. The molecular formula is C18H19NS2. The first-order chi connectivity index (χ1) is 10.1. The number of hydrogen-bond donors (Lipinski definition) is 1. The van der Waals surface area contributed by atoms with E-state index >= 15 is 0 Å². The number of rotatable bonds is 4. The highest BCUT2D eigenvalue weighted by Crippen LogP contribution is 2.34. The van der Waals surface area contributed by atoms with Crippen LogP contribution in [-0.4, -0.2) is 0 Å².